The molecule has 4 heterocycles. The van der Waals surface area contributed by atoms with Crippen LogP contribution in [0.2, 0.25) is 0 Å². The molecule has 1 aliphatic rings. The fraction of sp³-hybridized carbons (Fsp3) is 0.286. The topological polar surface area (TPSA) is 112 Å². The molecule has 0 aliphatic carbocycles. The molecule has 1 amide bonds. The summed E-state index contributed by atoms with van der Waals surface area (Å²) in [5.41, 5.74) is 1.31. The lowest BCUT2D eigenvalue weighted by molar-refractivity contribution is -0.127. The predicted molar refractivity (Wildman–Crippen MR) is 116 cm³/mol. The number of pyridine rings is 1. The zero-order valence-corrected chi connectivity index (χ0v) is 16.4. The van der Waals surface area contributed by atoms with Gasteiger partial charge in [0.2, 0.25) is 11.9 Å². The third-order valence-electron chi connectivity index (χ3n) is 5.27. The monoisotopic (exact) mass is 402 g/mol. The fourth-order valence-electron chi connectivity index (χ4n) is 3.77. The summed E-state index contributed by atoms with van der Waals surface area (Å²) in [6.07, 6.45) is 5.76. The Morgan fingerprint density at radius 3 is 2.93 bits per heavy atom. The van der Waals surface area contributed by atoms with Gasteiger partial charge in [-0.25, -0.2) is 15.0 Å². The first-order valence-corrected chi connectivity index (χ1v) is 10.1. The number of nitrogens with zero attached hydrogens (tertiary/aromatic N) is 5. The van der Waals surface area contributed by atoms with Gasteiger partial charge in [-0.2, -0.15) is 4.98 Å². The Morgan fingerprint density at radius 1 is 1.10 bits per heavy atom. The molecule has 3 N–H and O–H groups in total. The minimum Gasteiger partial charge on any atom is -0.368 e. The number of H-pyrrole nitrogens is 1. The van der Waals surface area contributed by atoms with Crippen LogP contribution in [0.3, 0.4) is 0 Å². The summed E-state index contributed by atoms with van der Waals surface area (Å²) in [6.45, 7) is 2.35. The molecule has 0 spiro atoms. The number of aromatic nitrogens is 5. The molecule has 152 valence electrons. The van der Waals surface area contributed by atoms with Crippen LogP contribution in [0.5, 0.6) is 0 Å². The standard InChI is InChI=1S/C21H22N8O/c30-16-7-3-11-29(16)12-4-9-22-19-17-20(25-13-24-19)28-21(26-17)27-18-15-6-2-1-5-14(15)8-10-23-18/h1-2,5-6,8,10,13H,3-4,7,9,11-12H2,(H3,22,23,24,25,26,27,28). The van der Waals surface area contributed by atoms with Crippen LogP contribution in [0, 0.1) is 0 Å². The molecule has 1 aliphatic heterocycles. The Bertz CT molecular complexity index is 1200. The predicted octanol–water partition coefficient (Wildman–Crippen LogP) is 3.07. The van der Waals surface area contributed by atoms with Gasteiger partial charge in [0.15, 0.2) is 11.5 Å². The Labute approximate surface area is 173 Å². The molecule has 1 saturated heterocycles. The van der Waals surface area contributed by atoms with Crippen LogP contribution in [-0.2, 0) is 4.79 Å². The number of rotatable bonds is 7. The van der Waals surface area contributed by atoms with E-state index in [4.69, 9.17) is 0 Å². The number of anilines is 3. The SMILES string of the molecule is O=C1CCCN1CCCNc1ncnc2nc(Nc3nccc4ccccc34)[nH]c12. The minimum absolute atomic E-state index is 0.255. The summed E-state index contributed by atoms with van der Waals surface area (Å²) >= 11 is 0. The van der Waals surface area contributed by atoms with Gasteiger partial charge in [-0.1, -0.05) is 24.3 Å². The molecule has 1 fully saturated rings. The number of carbonyl (C=O) groups excluding carboxylic acids is 1. The van der Waals surface area contributed by atoms with Crippen molar-refractivity contribution in [2.45, 2.75) is 19.3 Å². The Hall–Kier alpha value is -3.75. The number of aromatic amines is 1. The molecule has 0 atom stereocenters. The van der Waals surface area contributed by atoms with Crippen molar-refractivity contribution in [3.05, 3.63) is 42.9 Å². The summed E-state index contributed by atoms with van der Waals surface area (Å²) in [4.78, 5) is 34.5. The third-order valence-corrected chi connectivity index (χ3v) is 5.27. The lowest BCUT2D eigenvalue weighted by Crippen LogP contribution is -2.27. The van der Waals surface area contributed by atoms with Gasteiger partial charge in [0.05, 0.1) is 0 Å². The highest BCUT2D eigenvalue weighted by atomic mass is 16.2. The highest BCUT2D eigenvalue weighted by molar-refractivity contribution is 5.93. The van der Waals surface area contributed by atoms with Crippen LogP contribution in [0.15, 0.2) is 42.9 Å². The lowest BCUT2D eigenvalue weighted by Gasteiger charge is -2.15. The molecule has 0 bridgehead atoms. The average molecular weight is 402 g/mol. The van der Waals surface area contributed by atoms with Crippen LogP contribution in [-0.4, -0.2) is 55.4 Å². The molecule has 5 rings (SSSR count). The van der Waals surface area contributed by atoms with E-state index in [0.717, 1.165) is 48.0 Å². The maximum absolute atomic E-state index is 11.7. The lowest BCUT2D eigenvalue weighted by atomic mass is 10.1. The van der Waals surface area contributed by atoms with Gasteiger partial charge in [0, 0.05) is 37.6 Å². The van der Waals surface area contributed by atoms with E-state index in [0.29, 0.717) is 30.4 Å². The molecular formula is C21H22N8O. The van der Waals surface area contributed by atoms with E-state index in [-0.39, 0.29) is 5.91 Å². The van der Waals surface area contributed by atoms with Crippen molar-refractivity contribution >= 4 is 45.4 Å². The Kier molecular flexibility index (Phi) is 4.84. The highest BCUT2D eigenvalue weighted by Gasteiger charge is 2.19. The normalized spacial score (nSPS) is 14.0. The van der Waals surface area contributed by atoms with E-state index in [1.165, 1.54) is 6.33 Å². The van der Waals surface area contributed by atoms with Crippen LogP contribution in [0.1, 0.15) is 19.3 Å². The number of likely N-dealkylation sites (tertiary alicyclic amines) is 1. The quantitative estimate of drug-likeness (QED) is 0.407. The molecule has 30 heavy (non-hydrogen) atoms. The molecule has 0 radical (unpaired) electrons. The second-order valence-corrected chi connectivity index (χ2v) is 7.28. The molecule has 4 aromatic rings. The van der Waals surface area contributed by atoms with E-state index in [1.807, 2.05) is 35.2 Å². The number of hydrogen-bond donors (Lipinski definition) is 3. The summed E-state index contributed by atoms with van der Waals surface area (Å²) in [7, 11) is 0. The van der Waals surface area contributed by atoms with E-state index < -0.39 is 0 Å². The van der Waals surface area contributed by atoms with Crippen molar-refractivity contribution in [1.29, 1.82) is 0 Å². The molecule has 0 unspecified atom stereocenters. The molecule has 9 heteroatoms. The van der Waals surface area contributed by atoms with Crippen LogP contribution in [0.4, 0.5) is 17.6 Å². The minimum atomic E-state index is 0.255. The summed E-state index contributed by atoms with van der Waals surface area (Å²) in [6, 6.07) is 10.0. The van der Waals surface area contributed by atoms with Gasteiger partial charge in [-0.15, -0.1) is 0 Å². The van der Waals surface area contributed by atoms with Crippen LogP contribution < -0.4 is 10.6 Å². The zero-order chi connectivity index (χ0) is 20.3. The van der Waals surface area contributed by atoms with Crippen molar-refractivity contribution in [3.63, 3.8) is 0 Å². The van der Waals surface area contributed by atoms with Crippen molar-refractivity contribution in [2.24, 2.45) is 0 Å². The maximum Gasteiger partial charge on any atom is 0.222 e. The van der Waals surface area contributed by atoms with E-state index in [9.17, 15) is 4.79 Å². The summed E-state index contributed by atoms with van der Waals surface area (Å²) in [5, 5.41) is 8.70. The maximum atomic E-state index is 11.7. The molecular weight excluding hydrogens is 380 g/mol. The smallest absolute Gasteiger partial charge is 0.222 e. The van der Waals surface area contributed by atoms with Crippen molar-refractivity contribution in [3.8, 4) is 0 Å². The van der Waals surface area contributed by atoms with Crippen molar-refractivity contribution in [1.82, 2.24) is 29.8 Å². The zero-order valence-electron chi connectivity index (χ0n) is 16.4. The number of fused-ring (bicyclic) bond motifs is 2. The van der Waals surface area contributed by atoms with Gasteiger partial charge in [0.25, 0.3) is 0 Å². The Balaban J connectivity index is 1.30. The fourth-order valence-corrected chi connectivity index (χ4v) is 3.77. The second kappa shape index (κ2) is 7.94. The van der Waals surface area contributed by atoms with Gasteiger partial charge in [0.1, 0.15) is 17.7 Å². The molecule has 1 aromatic carbocycles. The highest BCUT2D eigenvalue weighted by Crippen LogP contribution is 2.25. The van der Waals surface area contributed by atoms with Crippen LogP contribution >= 0.6 is 0 Å². The van der Waals surface area contributed by atoms with Gasteiger partial charge in [-0.05, 0) is 24.3 Å². The van der Waals surface area contributed by atoms with Gasteiger partial charge >= 0.3 is 0 Å². The summed E-state index contributed by atoms with van der Waals surface area (Å²) < 4.78 is 0. The van der Waals surface area contributed by atoms with Gasteiger partial charge < -0.3 is 20.5 Å². The number of imidazole rings is 1. The number of nitrogens with one attached hydrogen (secondary N) is 3. The first-order valence-electron chi connectivity index (χ1n) is 10.1. The largest absolute Gasteiger partial charge is 0.368 e. The number of hydrogen-bond acceptors (Lipinski definition) is 7. The molecule has 0 saturated carbocycles. The second-order valence-electron chi connectivity index (χ2n) is 7.28. The third kappa shape index (κ3) is 3.61. The number of carbonyl (C=O) groups is 1. The first kappa shape index (κ1) is 18.3. The molecule has 9 nitrogen and oxygen atoms in total. The van der Waals surface area contributed by atoms with E-state index >= 15 is 0 Å². The average Bonchev–Trinajstić information content (AvgIpc) is 3.37. The van der Waals surface area contributed by atoms with Gasteiger partial charge in [-0.3, -0.25) is 4.79 Å². The first-order chi connectivity index (χ1) is 14.8. The Morgan fingerprint density at radius 2 is 2.03 bits per heavy atom. The number of amides is 1. The van der Waals surface area contributed by atoms with E-state index in [1.54, 1.807) is 6.20 Å². The van der Waals surface area contributed by atoms with Crippen molar-refractivity contribution < 1.29 is 4.79 Å². The number of benzene rings is 1. The van der Waals surface area contributed by atoms with Crippen LogP contribution in [0.25, 0.3) is 21.9 Å². The van der Waals surface area contributed by atoms with Crippen molar-refractivity contribution in [2.75, 3.05) is 30.3 Å². The summed E-state index contributed by atoms with van der Waals surface area (Å²) in [5.74, 6) is 2.23. The molecule has 3 aromatic heterocycles. The van der Waals surface area contributed by atoms with E-state index in [2.05, 4.69) is 35.6 Å².